The first-order valence-electron chi connectivity index (χ1n) is 7.68. The Morgan fingerprint density at radius 2 is 1.90 bits per heavy atom. The topological polar surface area (TPSA) is 36.8 Å². The highest BCUT2D eigenvalue weighted by Gasteiger charge is 2.03. The van der Waals surface area contributed by atoms with Crippen molar-refractivity contribution in [2.24, 2.45) is 16.0 Å². The van der Waals surface area contributed by atoms with E-state index in [2.05, 4.69) is 42.4 Å². The largest absolute Gasteiger partial charge is 0.256 e. The second kappa shape index (κ2) is 10.4. The van der Waals surface area contributed by atoms with E-state index < -0.39 is 0 Å². The van der Waals surface area contributed by atoms with Crippen LogP contribution in [0.2, 0.25) is 0 Å². The van der Waals surface area contributed by atoms with Crippen LogP contribution >= 0.6 is 11.8 Å². The third kappa shape index (κ3) is 6.80. The highest BCUT2D eigenvalue weighted by Crippen LogP contribution is 2.18. The zero-order chi connectivity index (χ0) is 15.5. The highest BCUT2D eigenvalue weighted by molar-refractivity contribution is 8.13. The second-order valence-corrected chi connectivity index (χ2v) is 5.93. The van der Waals surface area contributed by atoms with Gasteiger partial charge >= 0.3 is 0 Å². The van der Waals surface area contributed by atoms with Crippen LogP contribution in [0.3, 0.4) is 0 Å². The van der Waals surface area contributed by atoms with Crippen LogP contribution in [-0.4, -0.2) is 17.6 Å². The maximum Gasteiger partial charge on any atom is 0.182 e. The average Bonchev–Trinajstić information content (AvgIpc) is 2.48. The Labute approximate surface area is 133 Å². The molecule has 0 radical (unpaired) electrons. The first-order valence-corrected chi connectivity index (χ1v) is 8.91. The van der Waals surface area contributed by atoms with Gasteiger partial charge in [-0.2, -0.15) is 5.10 Å². The molecule has 0 atom stereocenters. The van der Waals surface area contributed by atoms with Crippen molar-refractivity contribution >= 4 is 28.8 Å². The smallest absolute Gasteiger partial charge is 0.182 e. The maximum absolute atomic E-state index is 4.62. The number of thioether (sulfide) groups is 1. The quantitative estimate of drug-likeness (QED) is 0.430. The van der Waals surface area contributed by atoms with E-state index in [4.69, 9.17) is 0 Å². The molecule has 0 saturated heterocycles. The first-order chi connectivity index (χ1) is 10.2. The monoisotopic (exact) mass is 305 g/mol. The molecule has 1 aromatic carbocycles. The molecule has 0 unspecified atom stereocenters. The van der Waals surface area contributed by atoms with Crippen molar-refractivity contribution in [1.29, 1.82) is 0 Å². The lowest BCUT2D eigenvalue weighted by Gasteiger charge is -2.09. The summed E-state index contributed by atoms with van der Waals surface area (Å²) in [4.78, 5) is 4.62. The Hall–Kier alpha value is -1.29. The third-order valence-electron chi connectivity index (χ3n) is 3.30. The molecule has 0 bridgehead atoms. The number of hydrogen-bond acceptors (Lipinski definition) is 3. The molecule has 0 spiro atoms. The van der Waals surface area contributed by atoms with Gasteiger partial charge in [0.05, 0.1) is 5.69 Å². The summed E-state index contributed by atoms with van der Waals surface area (Å²) in [7, 11) is 0. The minimum Gasteiger partial charge on any atom is -0.256 e. The van der Waals surface area contributed by atoms with Crippen molar-refractivity contribution in [2.75, 3.05) is 6.26 Å². The molecule has 21 heavy (non-hydrogen) atoms. The Morgan fingerprint density at radius 1 is 1.24 bits per heavy atom. The van der Waals surface area contributed by atoms with Crippen LogP contribution in [0.4, 0.5) is 5.69 Å². The number of para-hydroxylation sites is 1. The fourth-order valence-electron chi connectivity index (χ4n) is 2.15. The molecule has 4 heteroatoms. The van der Waals surface area contributed by atoms with Gasteiger partial charge in [-0.15, -0.1) is 0 Å². The van der Waals surface area contributed by atoms with Crippen molar-refractivity contribution in [1.82, 2.24) is 5.43 Å². The molecule has 1 rings (SSSR count). The van der Waals surface area contributed by atoms with Crippen LogP contribution < -0.4 is 5.43 Å². The van der Waals surface area contributed by atoms with E-state index in [0.717, 1.165) is 10.9 Å². The SMILES string of the molecule is CCCC(/C=N/NC(=Nc1ccccc1C)SC)CCC. The molecular weight excluding hydrogens is 278 g/mol. The molecule has 0 saturated carbocycles. The van der Waals surface area contributed by atoms with Crippen LogP contribution in [-0.2, 0) is 0 Å². The number of nitrogens with zero attached hydrogens (tertiary/aromatic N) is 2. The molecule has 0 amide bonds. The molecule has 3 nitrogen and oxygen atoms in total. The van der Waals surface area contributed by atoms with E-state index >= 15 is 0 Å². The molecule has 1 N–H and O–H groups in total. The van der Waals surface area contributed by atoms with Crippen molar-refractivity contribution in [3.8, 4) is 0 Å². The van der Waals surface area contributed by atoms with E-state index in [1.807, 2.05) is 30.7 Å². The predicted molar refractivity (Wildman–Crippen MR) is 96.7 cm³/mol. The van der Waals surface area contributed by atoms with Gasteiger partial charge in [-0.25, -0.2) is 4.99 Å². The Morgan fingerprint density at radius 3 is 2.48 bits per heavy atom. The molecular formula is C17H27N3S. The normalized spacial score (nSPS) is 12.3. The number of benzene rings is 1. The van der Waals surface area contributed by atoms with E-state index in [1.54, 1.807) is 11.8 Å². The number of nitrogens with one attached hydrogen (secondary N) is 1. The second-order valence-electron chi connectivity index (χ2n) is 5.13. The first kappa shape index (κ1) is 17.8. The van der Waals surface area contributed by atoms with Crippen molar-refractivity contribution in [3.63, 3.8) is 0 Å². The average molecular weight is 305 g/mol. The van der Waals surface area contributed by atoms with Gasteiger partial charge < -0.3 is 0 Å². The van der Waals surface area contributed by atoms with Crippen LogP contribution in [0.25, 0.3) is 0 Å². The number of amidine groups is 1. The molecule has 1 aromatic rings. The summed E-state index contributed by atoms with van der Waals surface area (Å²) in [6.07, 6.45) is 8.84. The molecule has 0 aliphatic heterocycles. The molecule has 0 heterocycles. The molecule has 0 aliphatic carbocycles. The zero-order valence-corrected chi connectivity index (χ0v) is 14.4. The Kier molecular flexibility index (Phi) is 8.83. The van der Waals surface area contributed by atoms with Gasteiger partial charge in [0, 0.05) is 6.21 Å². The molecule has 0 fully saturated rings. The van der Waals surface area contributed by atoms with E-state index in [0.29, 0.717) is 5.92 Å². The van der Waals surface area contributed by atoms with Crippen molar-refractivity contribution < 1.29 is 0 Å². The summed E-state index contributed by atoms with van der Waals surface area (Å²) in [5.41, 5.74) is 5.23. The number of hydrogen-bond donors (Lipinski definition) is 1. The van der Waals surface area contributed by atoms with Gasteiger partial charge in [0.15, 0.2) is 5.17 Å². The van der Waals surface area contributed by atoms with Gasteiger partial charge in [-0.05, 0) is 43.6 Å². The predicted octanol–water partition coefficient (Wildman–Crippen LogP) is 5.14. The zero-order valence-electron chi connectivity index (χ0n) is 13.6. The minimum absolute atomic E-state index is 0.564. The Balaban J connectivity index is 2.67. The fourth-order valence-corrected chi connectivity index (χ4v) is 2.48. The maximum atomic E-state index is 4.62. The van der Waals surface area contributed by atoms with Crippen molar-refractivity contribution in [2.45, 2.75) is 46.5 Å². The highest BCUT2D eigenvalue weighted by atomic mass is 32.2. The summed E-state index contributed by atoms with van der Waals surface area (Å²) in [6.45, 7) is 6.51. The molecule has 116 valence electrons. The van der Waals surface area contributed by atoms with Crippen LogP contribution in [0.5, 0.6) is 0 Å². The third-order valence-corrected chi connectivity index (χ3v) is 3.86. The standard InChI is InChI=1S/C17H27N3S/c1-5-9-15(10-6-2)13-18-20-17(21-4)19-16-12-8-7-11-14(16)3/h7-8,11-13,15H,5-6,9-10H2,1-4H3,(H,19,20)/b18-13+. The van der Waals surface area contributed by atoms with Gasteiger partial charge in [-0.1, -0.05) is 56.7 Å². The lowest BCUT2D eigenvalue weighted by Crippen LogP contribution is -2.15. The minimum atomic E-state index is 0.564. The molecule has 0 aliphatic rings. The number of hydrazone groups is 1. The van der Waals surface area contributed by atoms with Gasteiger partial charge in [0.1, 0.15) is 0 Å². The summed E-state index contributed by atoms with van der Waals surface area (Å²) < 4.78 is 0. The van der Waals surface area contributed by atoms with Gasteiger partial charge in [-0.3, -0.25) is 5.43 Å². The lowest BCUT2D eigenvalue weighted by molar-refractivity contribution is 0.565. The number of aliphatic imine (C=N–C) groups is 1. The van der Waals surface area contributed by atoms with Crippen molar-refractivity contribution in [3.05, 3.63) is 29.8 Å². The van der Waals surface area contributed by atoms with E-state index in [1.165, 1.54) is 31.2 Å². The van der Waals surface area contributed by atoms with Crippen LogP contribution in [0.15, 0.2) is 34.4 Å². The lowest BCUT2D eigenvalue weighted by atomic mass is 10.0. The summed E-state index contributed by atoms with van der Waals surface area (Å²) in [5.74, 6) is 0.564. The summed E-state index contributed by atoms with van der Waals surface area (Å²) >= 11 is 1.58. The fraction of sp³-hybridized carbons (Fsp3) is 0.529. The summed E-state index contributed by atoms with van der Waals surface area (Å²) in [5, 5.41) is 5.21. The van der Waals surface area contributed by atoms with Crippen LogP contribution in [0, 0.1) is 12.8 Å². The van der Waals surface area contributed by atoms with E-state index in [-0.39, 0.29) is 0 Å². The number of rotatable bonds is 7. The Bertz CT molecular complexity index is 463. The van der Waals surface area contributed by atoms with Gasteiger partial charge in [0.25, 0.3) is 0 Å². The molecule has 0 aromatic heterocycles. The van der Waals surface area contributed by atoms with Gasteiger partial charge in [0.2, 0.25) is 0 Å². The van der Waals surface area contributed by atoms with Crippen LogP contribution in [0.1, 0.15) is 45.1 Å². The van der Waals surface area contributed by atoms with E-state index in [9.17, 15) is 0 Å². The summed E-state index contributed by atoms with van der Waals surface area (Å²) in [6, 6.07) is 8.12. The number of aryl methyl sites for hydroxylation is 1.